The maximum atomic E-state index is 12.0. The highest BCUT2D eigenvalue weighted by Gasteiger charge is 2.15. The van der Waals surface area contributed by atoms with Gasteiger partial charge in [0.1, 0.15) is 0 Å². The Hall–Kier alpha value is -3.17. The third kappa shape index (κ3) is 6.71. The minimum Gasteiger partial charge on any atom is -0.479 e. The number of carbonyl (C=O) groups excluding carboxylic acids is 2. The standard InChI is InChI=1S/C19H17Cl2N3O6/c1-2-29-18(26)11-30-19-14(20)7-12(8-15(19)21)10-22-23-17(25)9-13-5-3-4-6-16(13)24(27)28/h3-8,10H,2,9,11H2,1H3,(H,23,25). The summed E-state index contributed by atoms with van der Waals surface area (Å²) in [5.74, 6) is -0.979. The molecule has 2 rings (SSSR count). The highest BCUT2D eigenvalue weighted by atomic mass is 35.5. The fourth-order valence-corrected chi connectivity index (χ4v) is 2.97. The number of hydrogen-bond donors (Lipinski definition) is 1. The Morgan fingerprint density at radius 2 is 1.90 bits per heavy atom. The Bertz CT molecular complexity index is 957. The van der Waals surface area contributed by atoms with Crippen LogP contribution in [0.2, 0.25) is 10.0 Å². The maximum absolute atomic E-state index is 12.0. The van der Waals surface area contributed by atoms with Crippen molar-refractivity contribution < 1.29 is 24.0 Å². The Labute approximate surface area is 181 Å². The molecule has 0 bridgehead atoms. The number of nitro groups is 1. The van der Waals surface area contributed by atoms with Gasteiger partial charge in [-0.1, -0.05) is 41.4 Å². The third-order valence-corrected chi connectivity index (χ3v) is 4.16. The Morgan fingerprint density at radius 3 is 2.53 bits per heavy atom. The molecule has 0 saturated heterocycles. The van der Waals surface area contributed by atoms with Crippen LogP contribution in [0, 0.1) is 10.1 Å². The number of halogens is 2. The Morgan fingerprint density at radius 1 is 1.23 bits per heavy atom. The number of benzene rings is 2. The number of esters is 1. The monoisotopic (exact) mass is 453 g/mol. The van der Waals surface area contributed by atoms with E-state index in [-0.39, 0.29) is 46.7 Å². The summed E-state index contributed by atoms with van der Waals surface area (Å²) >= 11 is 12.2. The summed E-state index contributed by atoms with van der Waals surface area (Å²) in [7, 11) is 0. The van der Waals surface area contributed by atoms with Crippen molar-refractivity contribution in [1.29, 1.82) is 0 Å². The third-order valence-electron chi connectivity index (χ3n) is 3.60. The Balaban J connectivity index is 1.99. The van der Waals surface area contributed by atoms with Gasteiger partial charge in [0.05, 0.1) is 34.2 Å². The lowest BCUT2D eigenvalue weighted by Gasteiger charge is -2.10. The molecule has 1 amide bonds. The number of ether oxygens (including phenoxy) is 2. The first kappa shape index (κ1) is 23.1. The Kier molecular flexibility index (Phi) is 8.57. The van der Waals surface area contributed by atoms with Crippen molar-refractivity contribution in [3.05, 3.63) is 67.7 Å². The number of carbonyl (C=O) groups is 2. The van der Waals surface area contributed by atoms with Gasteiger partial charge in [-0.2, -0.15) is 5.10 Å². The second-order valence-corrected chi connectivity index (χ2v) is 6.58. The molecule has 0 heterocycles. The van der Waals surface area contributed by atoms with Gasteiger partial charge in [-0.05, 0) is 24.6 Å². The van der Waals surface area contributed by atoms with Crippen LogP contribution in [0.3, 0.4) is 0 Å². The van der Waals surface area contributed by atoms with Crippen LogP contribution in [0.5, 0.6) is 5.75 Å². The van der Waals surface area contributed by atoms with Gasteiger partial charge in [-0.15, -0.1) is 0 Å². The second kappa shape index (κ2) is 11.1. The minimum absolute atomic E-state index is 0.115. The average molecular weight is 454 g/mol. The van der Waals surface area contributed by atoms with Crippen LogP contribution in [0.4, 0.5) is 5.69 Å². The number of amides is 1. The molecule has 11 heteroatoms. The van der Waals surface area contributed by atoms with Crippen LogP contribution in [-0.2, 0) is 20.7 Å². The van der Waals surface area contributed by atoms with Crippen molar-refractivity contribution in [1.82, 2.24) is 5.43 Å². The fourth-order valence-electron chi connectivity index (χ4n) is 2.36. The van der Waals surface area contributed by atoms with Crippen molar-refractivity contribution in [2.75, 3.05) is 13.2 Å². The molecule has 30 heavy (non-hydrogen) atoms. The molecule has 0 aliphatic heterocycles. The van der Waals surface area contributed by atoms with Crippen molar-refractivity contribution in [3.63, 3.8) is 0 Å². The summed E-state index contributed by atoms with van der Waals surface area (Å²) in [5, 5.41) is 15.1. The van der Waals surface area contributed by atoms with Crippen LogP contribution in [-0.4, -0.2) is 36.2 Å². The number of hydrazone groups is 1. The normalized spacial score (nSPS) is 10.6. The molecule has 0 fully saturated rings. The van der Waals surface area contributed by atoms with E-state index in [0.29, 0.717) is 5.56 Å². The summed E-state index contributed by atoms with van der Waals surface area (Å²) in [5.41, 5.74) is 2.86. The van der Waals surface area contributed by atoms with E-state index < -0.39 is 16.8 Å². The van der Waals surface area contributed by atoms with Crippen molar-refractivity contribution in [2.45, 2.75) is 13.3 Å². The number of nitrogens with one attached hydrogen (secondary N) is 1. The van der Waals surface area contributed by atoms with Crippen LogP contribution in [0.25, 0.3) is 0 Å². The quantitative estimate of drug-likeness (QED) is 0.268. The van der Waals surface area contributed by atoms with Crippen LogP contribution in [0.1, 0.15) is 18.1 Å². The molecular formula is C19H17Cl2N3O6. The highest BCUT2D eigenvalue weighted by molar-refractivity contribution is 6.37. The highest BCUT2D eigenvalue weighted by Crippen LogP contribution is 2.33. The lowest BCUT2D eigenvalue weighted by molar-refractivity contribution is -0.385. The first-order valence-electron chi connectivity index (χ1n) is 8.63. The predicted molar refractivity (Wildman–Crippen MR) is 111 cm³/mol. The first-order valence-corrected chi connectivity index (χ1v) is 9.39. The summed E-state index contributed by atoms with van der Waals surface area (Å²) in [6.45, 7) is 1.55. The number of nitrogens with zero attached hydrogens (tertiary/aromatic N) is 2. The molecule has 158 valence electrons. The number of hydrogen-bond acceptors (Lipinski definition) is 7. The second-order valence-electron chi connectivity index (χ2n) is 5.76. The molecule has 0 radical (unpaired) electrons. The summed E-state index contributed by atoms with van der Waals surface area (Å²) in [4.78, 5) is 33.8. The minimum atomic E-state index is -0.559. The van der Waals surface area contributed by atoms with E-state index in [1.54, 1.807) is 13.0 Å². The van der Waals surface area contributed by atoms with Crippen molar-refractivity contribution in [2.24, 2.45) is 5.10 Å². The molecule has 1 N–H and O–H groups in total. The van der Waals surface area contributed by atoms with E-state index in [1.807, 2.05) is 0 Å². The topological polar surface area (TPSA) is 120 Å². The molecule has 0 atom stereocenters. The van der Waals surface area contributed by atoms with Gasteiger partial charge in [0.2, 0.25) is 5.91 Å². The van der Waals surface area contributed by atoms with Gasteiger partial charge in [-0.25, -0.2) is 10.2 Å². The lowest BCUT2D eigenvalue weighted by Crippen LogP contribution is -2.20. The van der Waals surface area contributed by atoms with E-state index in [9.17, 15) is 19.7 Å². The van der Waals surface area contributed by atoms with Crippen molar-refractivity contribution >= 4 is 47.0 Å². The summed E-state index contributed by atoms with van der Waals surface area (Å²) < 4.78 is 10.0. The van der Waals surface area contributed by atoms with Crippen LogP contribution >= 0.6 is 23.2 Å². The zero-order chi connectivity index (χ0) is 22.1. The maximum Gasteiger partial charge on any atom is 0.344 e. The number of nitro benzene ring substituents is 1. The molecule has 0 aromatic heterocycles. The van der Waals surface area contributed by atoms with Crippen LogP contribution < -0.4 is 10.2 Å². The smallest absolute Gasteiger partial charge is 0.344 e. The molecule has 0 unspecified atom stereocenters. The predicted octanol–water partition coefficient (Wildman–Crippen LogP) is 3.54. The van der Waals surface area contributed by atoms with E-state index in [1.165, 1.54) is 36.5 Å². The molecule has 0 saturated carbocycles. The molecule has 0 aliphatic carbocycles. The van der Waals surface area contributed by atoms with E-state index in [2.05, 4.69) is 10.5 Å². The summed E-state index contributed by atoms with van der Waals surface area (Å²) in [6.07, 6.45) is 1.08. The van der Waals surface area contributed by atoms with Gasteiger partial charge in [0.25, 0.3) is 5.69 Å². The van der Waals surface area contributed by atoms with Gasteiger partial charge in [0, 0.05) is 11.6 Å². The molecule has 2 aromatic carbocycles. The zero-order valence-corrected chi connectivity index (χ0v) is 17.3. The zero-order valence-electron chi connectivity index (χ0n) is 15.8. The average Bonchev–Trinajstić information content (AvgIpc) is 2.67. The van der Waals surface area contributed by atoms with Gasteiger partial charge in [-0.3, -0.25) is 14.9 Å². The van der Waals surface area contributed by atoms with Crippen molar-refractivity contribution in [3.8, 4) is 5.75 Å². The number of rotatable bonds is 9. The van der Waals surface area contributed by atoms with E-state index >= 15 is 0 Å². The van der Waals surface area contributed by atoms with Gasteiger partial charge in [0.15, 0.2) is 12.4 Å². The van der Waals surface area contributed by atoms with Gasteiger partial charge >= 0.3 is 5.97 Å². The molecule has 9 nitrogen and oxygen atoms in total. The lowest BCUT2D eigenvalue weighted by atomic mass is 10.1. The molecular weight excluding hydrogens is 437 g/mol. The molecule has 0 spiro atoms. The van der Waals surface area contributed by atoms with E-state index in [4.69, 9.17) is 32.7 Å². The SMILES string of the molecule is CCOC(=O)COc1c(Cl)cc(C=NNC(=O)Cc2ccccc2[N+](=O)[O-])cc1Cl. The summed E-state index contributed by atoms with van der Waals surface area (Å²) in [6, 6.07) is 8.90. The van der Waals surface area contributed by atoms with Gasteiger partial charge < -0.3 is 9.47 Å². The van der Waals surface area contributed by atoms with Crippen LogP contribution in [0.15, 0.2) is 41.5 Å². The molecule has 2 aromatic rings. The fraction of sp³-hybridized carbons (Fsp3) is 0.211. The van der Waals surface area contributed by atoms with E-state index in [0.717, 1.165) is 0 Å². The largest absolute Gasteiger partial charge is 0.479 e. The molecule has 0 aliphatic rings. The number of para-hydroxylation sites is 1. The first-order chi connectivity index (χ1) is 14.3.